The van der Waals surface area contributed by atoms with E-state index in [4.69, 9.17) is 11.6 Å². The topological polar surface area (TPSA) is 103 Å². The number of aromatic nitrogens is 1. The summed E-state index contributed by atoms with van der Waals surface area (Å²) in [6.07, 6.45) is 0. The first-order valence-corrected chi connectivity index (χ1v) is 9.08. The van der Waals surface area contributed by atoms with Crippen LogP contribution in [0.5, 0.6) is 0 Å². The maximum Gasteiger partial charge on any atom is 0.309 e. The molecule has 0 aliphatic carbocycles. The second-order valence-electron chi connectivity index (χ2n) is 6.06. The van der Waals surface area contributed by atoms with Crippen molar-refractivity contribution in [3.8, 4) is 0 Å². The average Bonchev–Trinajstić information content (AvgIpc) is 3.14. The van der Waals surface area contributed by atoms with Gasteiger partial charge in [0, 0.05) is 35.6 Å². The van der Waals surface area contributed by atoms with E-state index in [1.807, 2.05) is 24.3 Å². The third-order valence-corrected chi connectivity index (χ3v) is 4.44. The summed E-state index contributed by atoms with van der Waals surface area (Å²) in [7, 11) is 0. The fraction of sp³-hybridized carbons (Fsp3) is 0.150. The van der Waals surface area contributed by atoms with Gasteiger partial charge in [0.05, 0.1) is 0 Å². The SMILES string of the molecule is O=C(NCCNC(=O)c1cc2ccccc2[nH]1)C(=O)NCc1ccccc1Cl. The number of carbonyl (C=O) groups excluding carboxylic acids is 3. The van der Waals surface area contributed by atoms with Crippen LogP contribution in [0.2, 0.25) is 5.02 Å². The zero-order valence-corrected chi connectivity index (χ0v) is 15.7. The molecule has 7 nitrogen and oxygen atoms in total. The van der Waals surface area contributed by atoms with Gasteiger partial charge in [-0.15, -0.1) is 0 Å². The minimum Gasteiger partial charge on any atom is -0.351 e. The van der Waals surface area contributed by atoms with Crippen molar-refractivity contribution in [1.29, 1.82) is 0 Å². The van der Waals surface area contributed by atoms with Gasteiger partial charge in [0.15, 0.2) is 0 Å². The molecule has 0 saturated heterocycles. The van der Waals surface area contributed by atoms with E-state index >= 15 is 0 Å². The number of H-pyrrole nitrogens is 1. The molecule has 3 amide bonds. The Balaban J connectivity index is 1.39. The van der Waals surface area contributed by atoms with Crippen molar-refractivity contribution in [2.45, 2.75) is 6.54 Å². The molecule has 0 bridgehead atoms. The minimum atomic E-state index is -0.771. The van der Waals surface area contributed by atoms with E-state index in [2.05, 4.69) is 20.9 Å². The number of halogens is 1. The number of hydrogen-bond donors (Lipinski definition) is 4. The maximum absolute atomic E-state index is 12.1. The molecule has 0 radical (unpaired) electrons. The summed E-state index contributed by atoms with van der Waals surface area (Å²) in [5.41, 5.74) is 2.03. The summed E-state index contributed by atoms with van der Waals surface area (Å²) in [5.74, 6) is -1.82. The van der Waals surface area contributed by atoms with Crippen molar-refractivity contribution in [2.75, 3.05) is 13.1 Å². The highest BCUT2D eigenvalue weighted by Gasteiger charge is 2.13. The Morgan fingerprint density at radius 1 is 0.857 bits per heavy atom. The van der Waals surface area contributed by atoms with E-state index in [0.717, 1.165) is 16.5 Å². The lowest BCUT2D eigenvalue weighted by molar-refractivity contribution is -0.139. The molecule has 28 heavy (non-hydrogen) atoms. The van der Waals surface area contributed by atoms with Crippen molar-refractivity contribution in [1.82, 2.24) is 20.9 Å². The Labute approximate surface area is 166 Å². The second-order valence-corrected chi connectivity index (χ2v) is 6.46. The van der Waals surface area contributed by atoms with Gasteiger partial charge in [-0.1, -0.05) is 48.0 Å². The first-order valence-electron chi connectivity index (χ1n) is 8.70. The molecule has 0 unspecified atom stereocenters. The smallest absolute Gasteiger partial charge is 0.309 e. The molecule has 0 atom stereocenters. The fourth-order valence-electron chi connectivity index (χ4n) is 2.62. The number of aromatic amines is 1. The molecular weight excluding hydrogens is 380 g/mol. The van der Waals surface area contributed by atoms with E-state index < -0.39 is 11.8 Å². The van der Waals surface area contributed by atoms with Crippen molar-refractivity contribution >= 4 is 40.2 Å². The van der Waals surface area contributed by atoms with Crippen LogP contribution >= 0.6 is 11.6 Å². The van der Waals surface area contributed by atoms with Crippen LogP contribution in [0.25, 0.3) is 10.9 Å². The molecule has 0 aliphatic heterocycles. The minimum absolute atomic E-state index is 0.129. The molecule has 0 saturated carbocycles. The van der Waals surface area contributed by atoms with Crippen LogP contribution in [-0.2, 0) is 16.1 Å². The van der Waals surface area contributed by atoms with Crippen molar-refractivity contribution in [3.05, 3.63) is 70.9 Å². The van der Waals surface area contributed by atoms with Gasteiger partial charge in [-0.05, 0) is 23.8 Å². The third-order valence-electron chi connectivity index (χ3n) is 4.07. The first kappa shape index (κ1) is 19.4. The summed E-state index contributed by atoms with van der Waals surface area (Å²) < 4.78 is 0. The normalized spacial score (nSPS) is 10.5. The number of rotatable bonds is 6. The number of para-hydroxylation sites is 1. The molecule has 0 aliphatic rings. The molecule has 3 aromatic rings. The summed E-state index contributed by atoms with van der Waals surface area (Å²) in [4.78, 5) is 38.8. The Morgan fingerprint density at radius 2 is 1.54 bits per heavy atom. The van der Waals surface area contributed by atoms with Crippen LogP contribution in [0.15, 0.2) is 54.6 Å². The monoisotopic (exact) mass is 398 g/mol. The van der Waals surface area contributed by atoms with Gasteiger partial charge < -0.3 is 20.9 Å². The average molecular weight is 399 g/mol. The van der Waals surface area contributed by atoms with E-state index in [1.54, 1.807) is 30.3 Å². The molecule has 2 aromatic carbocycles. The molecular formula is C20H19ClN4O3. The van der Waals surface area contributed by atoms with E-state index in [1.165, 1.54) is 0 Å². The first-order chi connectivity index (χ1) is 13.5. The van der Waals surface area contributed by atoms with Gasteiger partial charge in [-0.25, -0.2) is 0 Å². The summed E-state index contributed by atoms with van der Waals surface area (Å²) in [6.45, 7) is 0.477. The van der Waals surface area contributed by atoms with Crippen molar-refractivity contribution < 1.29 is 14.4 Å². The Kier molecular flexibility index (Phi) is 6.29. The van der Waals surface area contributed by atoms with Crippen LogP contribution < -0.4 is 16.0 Å². The van der Waals surface area contributed by atoms with Crippen LogP contribution in [0.4, 0.5) is 0 Å². The number of hydrogen-bond acceptors (Lipinski definition) is 3. The maximum atomic E-state index is 12.1. The zero-order chi connectivity index (χ0) is 19.9. The quantitative estimate of drug-likeness (QED) is 0.377. The third kappa shape index (κ3) is 4.89. The lowest BCUT2D eigenvalue weighted by Gasteiger charge is -2.08. The van der Waals surface area contributed by atoms with Crippen molar-refractivity contribution in [3.63, 3.8) is 0 Å². The Bertz CT molecular complexity index is 982. The lowest BCUT2D eigenvalue weighted by Crippen LogP contribution is -2.42. The molecule has 1 heterocycles. The van der Waals surface area contributed by atoms with E-state index in [0.29, 0.717) is 10.7 Å². The second kappa shape index (κ2) is 9.05. The van der Waals surface area contributed by atoms with Gasteiger partial charge in [-0.2, -0.15) is 0 Å². The largest absolute Gasteiger partial charge is 0.351 e. The molecule has 8 heteroatoms. The highest BCUT2D eigenvalue weighted by molar-refractivity contribution is 6.35. The molecule has 0 spiro atoms. The summed E-state index contributed by atoms with van der Waals surface area (Å²) in [5, 5.41) is 9.10. The number of carbonyl (C=O) groups is 3. The van der Waals surface area contributed by atoms with Gasteiger partial charge in [0.2, 0.25) is 0 Å². The lowest BCUT2D eigenvalue weighted by atomic mass is 10.2. The van der Waals surface area contributed by atoms with Crippen LogP contribution in [0.1, 0.15) is 16.1 Å². The summed E-state index contributed by atoms with van der Waals surface area (Å²) in [6, 6.07) is 16.4. The van der Waals surface area contributed by atoms with E-state index in [-0.39, 0.29) is 25.5 Å². The molecule has 0 fully saturated rings. The number of amides is 3. The predicted molar refractivity (Wildman–Crippen MR) is 107 cm³/mol. The molecule has 4 N–H and O–H groups in total. The Morgan fingerprint density at radius 3 is 2.32 bits per heavy atom. The fourth-order valence-corrected chi connectivity index (χ4v) is 2.82. The molecule has 3 rings (SSSR count). The number of fused-ring (bicyclic) bond motifs is 1. The van der Waals surface area contributed by atoms with Gasteiger partial charge in [0.1, 0.15) is 5.69 Å². The Hall–Kier alpha value is -3.32. The van der Waals surface area contributed by atoms with Gasteiger partial charge in [0.25, 0.3) is 5.91 Å². The number of nitrogens with one attached hydrogen (secondary N) is 4. The highest BCUT2D eigenvalue weighted by Crippen LogP contribution is 2.15. The summed E-state index contributed by atoms with van der Waals surface area (Å²) >= 11 is 6.00. The standard InChI is InChI=1S/C20H19ClN4O3/c21-15-7-3-1-6-14(15)12-24-20(28)19(27)23-10-9-22-18(26)17-11-13-5-2-4-8-16(13)25-17/h1-8,11,25H,9-10,12H2,(H,22,26)(H,23,27)(H,24,28). The molecule has 1 aromatic heterocycles. The zero-order valence-electron chi connectivity index (χ0n) is 14.9. The van der Waals surface area contributed by atoms with Crippen molar-refractivity contribution in [2.24, 2.45) is 0 Å². The van der Waals surface area contributed by atoms with E-state index in [9.17, 15) is 14.4 Å². The predicted octanol–water partition coefficient (Wildman–Crippen LogP) is 1.98. The van der Waals surface area contributed by atoms with Crippen LogP contribution in [0, 0.1) is 0 Å². The van der Waals surface area contributed by atoms with Gasteiger partial charge >= 0.3 is 11.8 Å². The van der Waals surface area contributed by atoms with Crippen LogP contribution in [-0.4, -0.2) is 35.8 Å². The molecule has 144 valence electrons. The highest BCUT2D eigenvalue weighted by atomic mass is 35.5. The van der Waals surface area contributed by atoms with Crippen LogP contribution in [0.3, 0.4) is 0 Å². The number of benzene rings is 2. The van der Waals surface area contributed by atoms with Gasteiger partial charge in [-0.3, -0.25) is 14.4 Å².